The predicted molar refractivity (Wildman–Crippen MR) is 118 cm³/mol. The van der Waals surface area contributed by atoms with E-state index >= 15 is 0 Å². The molecule has 2 fully saturated rings. The van der Waals surface area contributed by atoms with Gasteiger partial charge in [0.25, 0.3) is 11.8 Å². The number of carbonyl (C=O) groups excluding carboxylic acids is 6. The van der Waals surface area contributed by atoms with Crippen molar-refractivity contribution < 1.29 is 38.2 Å². The number of carbonyl (C=O) groups is 6. The smallest absolute Gasteiger partial charge is 0.338 e. The molecule has 2 aliphatic heterocycles. The monoisotopic (exact) mass is 472 g/mol. The Bertz CT molecular complexity index is 968. The van der Waals surface area contributed by atoms with Gasteiger partial charge in [-0.05, 0) is 42.0 Å². The molecule has 0 bridgehead atoms. The fraction of sp³-hybridized carbons (Fsp3) is 0.500. The highest BCUT2D eigenvalue weighted by Gasteiger charge is 2.29. The van der Waals surface area contributed by atoms with Gasteiger partial charge in [-0.15, -0.1) is 0 Å². The molecule has 3 rings (SSSR count). The van der Waals surface area contributed by atoms with E-state index in [2.05, 4.69) is 0 Å². The zero-order chi connectivity index (χ0) is 25.0. The van der Waals surface area contributed by atoms with E-state index in [4.69, 9.17) is 9.47 Å². The Kier molecular flexibility index (Phi) is 7.48. The molecule has 0 N–H and O–H groups in total. The Labute approximate surface area is 197 Å². The van der Waals surface area contributed by atoms with E-state index in [0.717, 1.165) is 9.80 Å². The maximum Gasteiger partial charge on any atom is 0.338 e. The van der Waals surface area contributed by atoms with E-state index in [-0.39, 0.29) is 35.8 Å². The summed E-state index contributed by atoms with van der Waals surface area (Å²) in [6.07, 6.45) is 1.72. The Morgan fingerprint density at radius 1 is 0.765 bits per heavy atom. The van der Waals surface area contributed by atoms with Gasteiger partial charge in [-0.1, -0.05) is 20.8 Å². The maximum atomic E-state index is 12.6. The molecule has 0 aromatic heterocycles. The minimum Gasteiger partial charge on any atom is -0.452 e. The van der Waals surface area contributed by atoms with Gasteiger partial charge in [0.1, 0.15) is 0 Å². The first-order valence-electron chi connectivity index (χ1n) is 11.1. The predicted octanol–water partition coefficient (Wildman–Crippen LogP) is 1.60. The number of hydrogen-bond donors (Lipinski definition) is 0. The molecule has 182 valence electrons. The Morgan fingerprint density at radius 2 is 1.18 bits per heavy atom. The van der Waals surface area contributed by atoms with Gasteiger partial charge in [-0.2, -0.15) is 0 Å². The van der Waals surface area contributed by atoms with Crippen molar-refractivity contribution in [2.75, 3.05) is 26.3 Å². The molecule has 0 saturated carbocycles. The molecule has 0 spiro atoms. The molecule has 0 radical (unpaired) electrons. The van der Waals surface area contributed by atoms with Crippen molar-refractivity contribution in [1.82, 2.24) is 9.80 Å². The molecule has 34 heavy (non-hydrogen) atoms. The zero-order valence-corrected chi connectivity index (χ0v) is 19.5. The van der Waals surface area contributed by atoms with Crippen molar-refractivity contribution in [1.29, 1.82) is 0 Å². The standard InChI is InChI=1S/C24H28N2O8/c1-24(2,3)17-11-15(22(31)33-13-20(29)25-8-4-6-18(25)27)10-16(12-17)23(32)34-14-21(30)26-9-5-7-19(26)28/h10-12H,4-9,13-14H2,1-3H3. The summed E-state index contributed by atoms with van der Waals surface area (Å²) in [6.45, 7) is 5.07. The first-order valence-corrected chi connectivity index (χ1v) is 11.1. The molecule has 10 heteroatoms. The number of nitrogens with zero attached hydrogens (tertiary/aromatic N) is 2. The first-order chi connectivity index (χ1) is 16.0. The van der Waals surface area contributed by atoms with Crippen molar-refractivity contribution in [2.24, 2.45) is 0 Å². The Morgan fingerprint density at radius 3 is 1.50 bits per heavy atom. The molecule has 2 aliphatic rings. The van der Waals surface area contributed by atoms with Crippen LogP contribution in [0.15, 0.2) is 18.2 Å². The van der Waals surface area contributed by atoms with Gasteiger partial charge in [0.2, 0.25) is 11.8 Å². The van der Waals surface area contributed by atoms with Crippen LogP contribution < -0.4 is 0 Å². The molecule has 0 aliphatic carbocycles. The Hall–Kier alpha value is -3.56. The van der Waals surface area contributed by atoms with Crippen LogP contribution in [0.4, 0.5) is 0 Å². The topological polar surface area (TPSA) is 127 Å². The van der Waals surface area contributed by atoms with Crippen LogP contribution in [0, 0.1) is 0 Å². The molecule has 2 heterocycles. The number of benzene rings is 1. The van der Waals surface area contributed by atoms with E-state index in [1.807, 2.05) is 20.8 Å². The number of rotatable bonds is 6. The molecular weight excluding hydrogens is 444 g/mol. The van der Waals surface area contributed by atoms with Gasteiger partial charge < -0.3 is 9.47 Å². The fourth-order valence-electron chi connectivity index (χ4n) is 3.70. The van der Waals surface area contributed by atoms with Gasteiger partial charge in [0.15, 0.2) is 13.2 Å². The summed E-state index contributed by atoms with van der Waals surface area (Å²) in [6, 6.07) is 4.37. The summed E-state index contributed by atoms with van der Waals surface area (Å²) in [5.74, 6) is -3.47. The van der Waals surface area contributed by atoms with Crippen molar-refractivity contribution in [3.05, 3.63) is 34.9 Å². The largest absolute Gasteiger partial charge is 0.452 e. The number of imide groups is 2. The minimum absolute atomic E-state index is 0.0287. The second-order valence-electron chi connectivity index (χ2n) is 9.29. The summed E-state index contributed by atoms with van der Waals surface area (Å²) >= 11 is 0. The average molecular weight is 472 g/mol. The molecule has 2 saturated heterocycles. The van der Waals surface area contributed by atoms with Crippen LogP contribution in [-0.2, 0) is 34.1 Å². The third-order valence-corrected chi connectivity index (χ3v) is 5.67. The van der Waals surface area contributed by atoms with Crippen LogP contribution in [0.25, 0.3) is 0 Å². The van der Waals surface area contributed by atoms with Crippen LogP contribution in [-0.4, -0.2) is 71.7 Å². The second-order valence-corrected chi connectivity index (χ2v) is 9.29. The number of amides is 4. The number of hydrogen-bond acceptors (Lipinski definition) is 8. The van der Waals surface area contributed by atoms with Crippen LogP contribution >= 0.6 is 0 Å². The maximum absolute atomic E-state index is 12.6. The molecular formula is C24H28N2O8. The zero-order valence-electron chi connectivity index (χ0n) is 19.5. The second kappa shape index (κ2) is 10.1. The summed E-state index contributed by atoms with van der Waals surface area (Å²) in [5, 5.41) is 0. The summed E-state index contributed by atoms with van der Waals surface area (Å²) in [7, 11) is 0. The lowest BCUT2D eigenvalue weighted by atomic mass is 9.85. The number of esters is 2. The summed E-state index contributed by atoms with van der Waals surface area (Å²) in [5.41, 5.74) is 0.249. The van der Waals surface area contributed by atoms with E-state index in [1.165, 1.54) is 6.07 Å². The first kappa shape index (κ1) is 25.1. The van der Waals surface area contributed by atoms with Crippen molar-refractivity contribution in [3.8, 4) is 0 Å². The molecule has 10 nitrogen and oxygen atoms in total. The van der Waals surface area contributed by atoms with Gasteiger partial charge in [-0.25, -0.2) is 9.59 Å². The third kappa shape index (κ3) is 5.86. The highest BCUT2D eigenvalue weighted by atomic mass is 16.5. The van der Waals surface area contributed by atoms with E-state index in [1.54, 1.807) is 12.1 Å². The SMILES string of the molecule is CC(C)(C)c1cc(C(=O)OCC(=O)N2CCCC2=O)cc(C(=O)OCC(=O)N2CCCC2=O)c1. The lowest BCUT2D eigenvalue weighted by molar-refractivity contribution is -0.145. The molecule has 1 aromatic carbocycles. The normalized spacial score (nSPS) is 16.1. The van der Waals surface area contributed by atoms with Gasteiger partial charge in [-0.3, -0.25) is 29.0 Å². The summed E-state index contributed by atoms with van der Waals surface area (Å²) in [4.78, 5) is 75.1. The molecule has 4 amide bonds. The van der Waals surface area contributed by atoms with Crippen LogP contribution in [0.1, 0.15) is 72.7 Å². The van der Waals surface area contributed by atoms with E-state index < -0.39 is 42.4 Å². The number of ether oxygens (including phenoxy) is 2. The lowest BCUT2D eigenvalue weighted by Gasteiger charge is -2.21. The van der Waals surface area contributed by atoms with Crippen molar-refractivity contribution in [3.63, 3.8) is 0 Å². The van der Waals surface area contributed by atoms with Gasteiger partial charge >= 0.3 is 11.9 Å². The van der Waals surface area contributed by atoms with E-state index in [9.17, 15) is 28.8 Å². The lowest BCUT2D eigenvalue weighted by Crippen LogP contribution is -2.35. The van der Waals surface area contributed by atoms with E-state index in [0.29, 0.717) is 31.5 Å². The average Bonchev–Trinajstić information content (AvgIpc) is 3.42. The van der Waals surface area contributed by atoms with Crippen LogP contribution in [0.5, 0.6) is 0 Å². The quantitative estimate of drug-likeness (QED) is 0.571. The van der Waals surface area contributed by atoms with Crippen molar-refractivity contribution in [2.45, 2.75) is 51.9 Å². The third-order valence-electron chi connectivity index (χ3n) is 5.67. The highest BCUT2D eigenvalue weighted by molar-refractivity contribution is 6.01. The molecule has 1 aromatic rings. The van der Waals surface area contributed by atoms with Crippen molar-refractivity contribution >= 4 is 35.6 Å². The highest BCUT2D eigenvalue weighted by Crippen LogP contribution is 2.25. The van der Waals surface area contributed by atoms with Crippen LogP contribution in [0.2, 0.25) is 0 Å². The number of likely N-dealkylation sites (tertiary alicyclic amines) is 2. The summed E-state index contributed by atoms with van der Waals surface area (Å²) < 4.78 is 10.2. The molecule has 0 unspecified atom stereocenters. The van der Waals surface area contributed by atoms with Crippen LogP contribution in [0.3, 0.4) is 0 Å². The fourth-order valence-corrected chi connectivity index (χ4v) is 3.70. The molecule has 0 atom stereocenters. The minimum atomic E-state index is -0.834. The Balaban J connectivity index is 1.71. The van der Waals surface area contributed by atoms with Gasteiger partial charge in [0, 0.05) is 25.9 Å². The van der Waals surface area contributed by atoms with Gasteiger partial charge in [0.05, 0.1) is 11.1 Å².